The molecule has 0 radical (unpaired) electrons. The smallest absolute Gasteiger partial charge is 0.233 e. The topological polar surface area (TPSA) is 61.4 Å². The molecule has 3 rings (SSSR count). The molecule has 3 saturated heterocycles. The van der Waals surface area contributed by atoms with E-state index in [0.29, 0.717) is 0 Å². The van der Waals surface area contributed by atoms with E-state index in [1.165, 1.54) is 0 Å². The Kier molecular flexibility index (Phi) is 5.19. The highest BCUT2D eigenvalue weighted by Gasteiger charge is 2.66. The predicted octanol–water partition coefficient (Wildman–Crippen LogP) is 2.29. The zero-order valence-corrected chi connectivity index (χ0v) is 15.9. The van der Waals surface area contributed by atoms with Gasteiger partial charge in [0.15, 0.2) is 0 Å². The Hall–Kier alpha value is -2.14. The highest BCUT2D eigenvalue weighted by Crippen LogP contribution is 2.53. The van der Waals surface area contributed by atoms with Crippen LogP contribution in [-0.2, 0) is 9.59 Å². The lowest BCUT2D eigenvalue weighted by Gasteiger charge is -2.45. The second-order valence-electron chi connectivity index (χ2n) is 7.22. The summed E-state index contributed by atoms with van der Waals surface area (Å²) in [4.78, 5) is 27.9. The Bertz CT molecular complexity index is 706. The number of hydrogen-bond donors (Lipinski definition) is 2. The molecule has 3 aliphatic rings. The molecule has 2 amide bonds. The zero-order valence-electron chi connectivity index (χ0n) is 15.9. The van der Waals surface area contributed by atoms with Gasteiger partial charge in [-0.05, 0) is 44.9 Å². The molecule has 3 heterocycles. The molecule has 2 N–H and O–H groups in total. The number of imide groups is 1. The summed E-state index contributed by atoms with van der Waals surface area (Å²) in [6, 6.07) is 0.0853. The van der Waals surface area contributed by atoms with Gasteiger partial charge in [-0.25, -0.2) is 0 Å². The van der Waals surface area contributed by atoms with Gasteiger partial charge in [0.25, 0.3) is 0 Å². The molecule has 140 valence electrons. The number of rotatable bonds is 5. The van der Waals surface area contributed by atoms with E-state index in [-0.39, 0.29) is 23.8 Å². The van der Waals surface area contributed by atoms with Gasteiger partial charge in [-0.1, -0.05) is 30.7 Å². The number of carbonyl (C=O) groups excluding carboxylic acids is 2. The first-order chi connectivity index (χ1) is 12.6. The Morgan fingerprint density at radius 2 is 1.96 bits per heavy atom. The quantitative estimate of drug-likeness (QED) is 0.451. The molecular formula is C21H29N3O2. The summed E-state index contributed by atoms with van der Waals surface area (Å²) in [5.41, 5.74) is 1.26. The van der Waals surface area contributed by atoms with E-state index >= 15 is 0 Å². The number of nitrogens with one attached hydrogen (secondary N) is 2. The standard InChI is InChI=1S/C21H29N3O2/c1-5-10-14(15(22-4)11-6-2)21(7-3)18-17(19(25)23-20(18)26)16-12-8-9-13-24(16)21/h5-7,10-11,16-18,22H,3,8-9,12-13H2,1-2,4H3,(H,23,25,26)/b10-5-,11-6-,15-14-. The lowest BCUT2D eigenvalue weighted by Crippen LogP contribution is -2.55. The molecule has 0 spiro atoms. The largest absolute Gasteiger partial charge is 0.388 e. The van der Waals surface area contributed by atoms with Crippen LogP contribution in [0.3, 0.4) is 0 Å². The van der Waals surface area contributed by atoms with Crippen molar-refractivity contribution in [3.8, 4) is 0 Å². The molecule has 0 saturated carbocycles. The Balaban J connectivity index is 2.29. The van der Waals surface area contributed by atoms with Crippen LogP contribution in [-0.4, -0.2) is 41.9 Å². The van der Waals surface area contributed by atoms with Crippen LogP contribution >= 0.6 is 0 Å². The van der Waals surface area contributed by atoms with Gasteiger partial charge in [0.1, 0.15) is 0 Å². The normalized spacial score (nSPS) is 35.4. The second kappa shape index (κ2) is 7.23. The molecule has 3 aliphatic heterocycles. The van der Waals surface area contributed by atoms with Crippen molar-refractivity contribution in [1.29, 1.82) is 0 Å². The summed E-state index contributed by atoms with van der Waals surface area (Å²) >= 11 is 0. The predicted molar refractivity (Wildman–Crippen MR) is 103 cm³/mol. The van der Waals surface area contributed by atoms with Gasteiger partial charge in [0, 0.05) is 18.8 Å². The summed E-state index contributed by atoms with van der Waals surface area (Å²) in [7, 11) is 1.88. The molecule has 3 fully saturated rings. The first-order valence-electron chi connectivity index (χ1n) is 9.49. The van der Waals surface area contributed by atoms with Crippen LogP contribution in [0, 0.1) is 11.8 Å². The van der Waals surface area contributed by atoms with Crippen molar-refractivity contribution >= 4 is 11.8 Å². The van der Waals surface area contributed by atoms with Crippen molar-refractivity contribution in [3.63, 3.8) is 0 Å². The van der Waals surface area contributed by atoms with Crippen LogP contribution in [0.1, 0.15) is 33.1 Å². The summed E-state index contributed by atoms with van der Waals surface area (Å²) in [6.07, 6.45) is 13.0. The zero-order chi connectivity index (χ0) is 18.9. The van der Waals surface area contributed by atoms with Crippen LogP contribution < -0.4 is 10.6 Å². The maximum Gasteiger partial charge on any atom is 0.233 e. The van der Waals surface area contributed by atoms with Crippen LogP contribution in [0.25, 0.3) is 0 Å². The Labute approximate surface area is 155 Å². The molecule has 0 aliphatic carbocycles. The van der Waals surface area contributed by atoms with Gasteiger partial charge in [0.05, 0.1) is 17.4 Å². The molecule has 5 heteroatoms. The van der Waals surface area contributed by atoms with E-state index in [2.05, 4.69) is 28.2 Å². The minimum absolute atomic E-state index is 0.0853. The molecule has 4 unspecified atom stereocenters. The minimum Gasteiger partial charge on any atom is -0.388 e. The number of amides is 2. The van der Waals surface area contributed by atoms with E-state index in [1.807, 2.05) is 45.2 Å². The summed E-state index contributed by atoms with van der Waals surface area (Å²) < 4.78 is 0. The number of carbonyl (C=O) groups is 2. The maximum absolute atomic E-state index is 12.9. The average Bonchev–Trinajstić information content (AvgIpc) is 3.12. The third-order valence-corrected chi connectivity index (χ3v) is 6.07. The summed E-state index contributed by atoms with van der Waals surface area (Å²) in [6.45, 7) is 8.97. The van der Waals surface area contributed by atoms with Crippen LogP contribution in [0.5, 0.6) is 0 Å². The van der Waals surface area contributed by atoms with Crippen molar-refractivity contribution in [3.05, 3.63) is 48.2 Å². The highest BCUT2D eigenvalue weighted by atomic mass is 16.2. The van der Waals surface area contributed by atoms with Crippen LogP contribution in [0.2, 0.25) is 0 Å². The van der Waals surface area contributed by atoms with E-state index < -0.39 is 11.5 Å². The summed E-state index contributed by atoms with van der Waals surface area (Å²) in [5, 5.41) is 5.87. The van der Waals surface area contributed by atoms with Crippen molar-refractivity contribution in [2.24, 2.45) is 11.8 Å². The first kappa shape index (κ1) is 18.6. The van der Waals surface area contributed by atoms with E-state index in [9.17, 15) is 9.59 Å². The molecule has 0 aromatic carbocycles. The minimum atomic E-state index is -0.684. The van der Waals surface area contributed by atoms with Gasteiger partial charge >= 0.3 is 0 Å². The molecular weight excluding hydrogens is 326 g/mol. The Morgan fingerprint density at radius 1 is 1.23 bits per heavy atom. The van der Waals surface area contributed by atoms with Gasteiger partial charge in [-0.2, -0.15) is 0 Å². The number of likely N-dealkylation sites (N-methyl/N-ethyl adjacent to an activating group) is 1. The number of allylic oxidation sites excluding steroid dienone is 3. The van der Waals surface area contributed by atoms with Gasteiger partial charge in [-0.3, -0.25) is 19.8 Å². The fraction of sp³-hybridized carbons (Fsp3) is 0.524. The second-order valence-corrected chi connectivity index (χ2v) is 7.22. The number of fused-ring (bicyclic) bond motifs is 3. The van der Waals surface area contributed by atoms with E-state index in [4.69, 9.17) is 0 Å². The fourth-order valence-electron chi connectivity index (χ4n) is 5.19. The van der Waals surface area contributed by atoms with Gasteiger partial charge in [0.2, 0.25) is 11.8 Å². The number of nitrogens with zero attached hydrogens (tertiary/aromatic N) is 1. The first-order valence-corrected chi connectivity index (χ1v) is 9.49. The number of piperidine rings is 1. The van der Waals surface area contributed by atoms with E-state index in [1.54, 1.807) is 0 Å². The Morgan fingerprint density at radius 3 is 2.58 bits per heavy atom. The molecule has 26 heavy (non-hydrogen) atoms. The van der Waals surface area contributed by atoms with Crippen LogP contribution in [0.15, 0.2) is 48.2 Å². The SMILES string of the molecule is C=CC1(C(/C=C\C)=C(/C=C\C)NC)C2C(=O)NC(=O)C2C2CCCCN21. The molecule has 0 aromatic rings. The van der Waals surface area contributed by atoms with Crippen molar-refractivity contribution < 1.29 is 9.59 Å². The fourth-order valence-corrected chi connectivity index (χ4v) is 5.19. The third kappa shape index (κ3) is 2.49. The molecule has 5 nitrogen and oxygen atoms in total. The van der Waals surface area contributed by atoms with Crippen molar-refractivity contribution in [2.75, 3.05) is 13.6 Å². The summed E-state index contributed by atoms with van der Waals surface area (Å²) in [5.74, 6) is -1.04. The monoisotopic (exact) mass is 355 g/mol. The number of hydrogen-bond acceptors (Lipinski definition) is 4. The lowest BCUT2D eigenvalue weighted by molar-refractivity contribution is -0.128. The molecule has 0 aromatic heterocycles. The van der Waals surface area contributed by atoms with E-state index in [0.717, 1.165) is 37.1 Å². The van der Waals surface area contributed by atoms with Crippen molar-refractivity contribution in [1.82, 2.24) is 15.5 Å². The lowest BCUT2D eigenvalue weighted by atomic mass is 9.74. The van der Waals surface area contributed by atoms with Gasteiger partial charge < -0.3 is 5.32 Å². The van der Waals surface area contributed by atoms with Crippen LogP contribution in [0.4, 0.5) is 0 Å². The van der Waals surface area contributed by atoms with Crippen molar-refractivity contribution in [2.45, 2.75) is 44.7 Å². The molecule has 0 bridgehead atoms. The van der Waals surface area contributed by atoms with Gasteiger partial charge in [-0.15, -0.1) is 6.58 Å². The molecule has 4 atom stereocenters. The highest BCUT2D eigenvalue weighted by molar-refractivity contribution is 6.07. The third-order valence-electron chi connectivity index (χ3n) is 6.07. The maximum atomic E-state index is 12.9. The average molecular weight is 355 g/mol.